The summed E-state index contributed by atoms with van der Waals surface area (Å²) in [6.45, 7) is 0.479. The van der Waals surface area contributed by atoms with E-state index >= 15 is 0 Å². The molecule has 0 spiro atoms. The second-order valence-electron chi connectivity index (χ2n) is 6.09. The normalized spacial score (nSPS) is 24.3. The molecule has 2 atom stereocenters. The van der Waals surface area contributed by atoms with Crippen molar-refractivity contribution >= 4 is 22.7 Å². The van der Waals surface area contributed by atoms with Crippen molar-refractivity contribution in [2.24, 2.45) is 11.8 Å². The Labute approximate surface area is 128 Å². The van der Waals surface area contributed by atoms with Gasteiger partial charge < -0.3 is 4.98 Å². The van der Waals surface area contributed by atoms with Gasteiger partial charge in [-0.15, -0.1) is 0 Å². The van der Waals surface area contributed by atoms with Gasteiger partial charge in [-0.3, -0.25) is 14.5 Å². The van der Waals surface area contributed by atoms with Crippen molar-refractivity contribution in [2.75, 3.05) is 6.54 Å². The van der Waals surface area contributed by atoms with Crippen LogP contribution in [-0.4, -0.2) is 28.2 Å². The Morgan fingerprint density at radius 1 is 1.05 bits per heavy atom. The molecule has 2 aliphatic rings. The largest absolute Gasteiger partial charge is 0.361 e. The molecule has 0 radical (unpaired) electrons. The summed E-state index contributed by atoms with van der Waals surface area (Å²) >= 11 is 0. The summed E-state index contributed by atoms with van der Waals surface area (Å²) in [7, 11) is 0. The average Bonchev–Trinajstić information content (AvgIpc) is 3.07. The Morgan fingerprint density at radius 3 is 2.45 bits per heavy atom. The molecule has 2 amide bonds. The number of aromatic nitrogens is 1. The lowest BCUT2D eigenvalue weighted by Gasteiger charge is -2.14. The molecule has 4 nitrogen and oxygen atoms in total. The van der Waals surface area contributed by atoms with Gasteiger partial charge in [0.1, 0.15) is 0 Å². The topological polar surface area (TPSA) is 53.2 Å². The van der Waals surface area contributed by atoms with Crippen molar-refractivity contribution in [3.63, 3.8) is 0 Å². The number of H-pyrrole nitrogens is 1. The van der Waals surface area contributed by atoms with E-state index in [0.717, 1.165) is 11.1 Å². The predicted molar refractivity (Wildman–Crippen MR) is 84.1 cm³/mol. The van der Waals surface area contributed by atoms with Crippen molar-refractivity contribution in [1.29, 1.82) is 0 Å². The standard InChI is InChI=1S/C18H18N2O2/c21-17-14-6-1-2-7-15(14)18(22)20(17)10-9-12-11-19-16-8-4-3-5-13(12)16/h1-5,8,11,14-15,19H,6-7,9-10H2/t14-,15-/m1/s1. The second-order valence-corrected chi connectivity index (χ2v) is 6.09. The van der Waals surface area contributed by atoms with Gasteiger partial charge in [0, 0.05) is 23.6 Å². The maximum absolute atomic E-state index is 12.4. The summed E-state index contributed by atoms with van der Waals surface area (Å²) in [4.78, 5) is 29.6. The van der Waals surface area contributed by atoms with Gasteiger partial charge in [0.25, 0.3) is 0 Å². The fourth-order valence-corrected chi connectivity index (χ4v) is 3.66. The molecule has 1 aromatic carbocycles. The zero-order chi connectivity index (χ0) is 15.1. The zero-order valence-electron chi connectivity index (χ0n) is 12.3. The van der Waals surface area contributed by atoms with Crippen molar-refractivity contribution in [1.82, 2.24) is 9.88 Å². The summed E-state index contributed by atoms with van der Waals surface area (Å²) in [5, 5.41) is 1.17. The van der Waals surface area contributed by atoms with Gasteiger partial charge in [0.2, 0.25) is 11.8 Å². The van der Waals surface area contributed by atoms with E-state index in [0.29, 0.717) is 25.8 Å². The van der Waals surface area contributed by atoms with Crippen LogP contribution in [0.25, 0.3) is 10.9 Å². The molecule has 1 saturated heterocycles. The quantitative estimate of drug-likeness (QED) is 0.699. The first-order valence-corrected chi connectivity index (χ1v) is 7.81. The highest BCUT2D eigenvalue weighted by Crippen LogP contribution is 2.35. The lowest BCUT2D eigenvalue weighted by Crippen LogP contribution is -2.33. The number of benzene rings is 1. The van der Waals surface area contributed by atoms with Crippen LogP contribution in [-0.2, 0) is 16.0 Å². The van der Waals surface area contributed by atoms with Gasteiger partial charge in [-0.1, -0.05) is 30.4 Å². The second kappa shape index (κ2) is 5.13. The van der Waals surface area contributed by atoms with E-state index in [2.05, 4.69) is 11.1 Å². The van der Waals surface area contributed by atoms with Gasteiger partial charge >= 0.3 is 0 Å². The van der Waals surface area contributed by atoms with Crippen molar-refractivity contribution in [3.8, 4) is 0 Å². The third kappa shape index (κ3) is 1.98. The monoisotopic (exact) mass is 294 g/mol. The first-order valence-electron chi connectivity index (χ1n) is 7.81. The third-order valence-electron chi connectivity index (χ3n) is 4.88. The van der Waals surface area contributed by atoms with E-state index in [1.807, 2.05) is 36.5 Å². The summed E-state index contributed by atoms with van der Waals surface area (Å²) in [6, 6.07) is 8.10. The predicted octanol–water partition coefficient (Wildman–Crippen LogP) is 2.66. The lowest BCUT2D eigenvalue weighted by molar-refractivity contribution is -0.139. The van der Waals surface area contributed by atoms with Crippen LogP contribution in [0.15, 0.2) is 42.6 Å². The molecule has 0 unspecified atom stereocenters. The molecule has 2 aromatic rings. The summed E-state index contributed by atoms with van der Waals surface area (Å²) < 4.78 is 0. The van der Waals surface area contributed by atoms with Gasteiger partial charge in [-0.2, -0.15) is 0 Å². The smallest absolute Gasteiger partial charge is 0.233 e. The minimum atomic E-state index is -0.125. The van der Waals surface area contributed by atoms with Crippen LogP contribution >= 0.6 is 0 Å². The van der Waals surface area contributed by atoms with Crippen LogP contribution in [0.4, 0.5) is 0 Å². The number of carbonyl (C=O) groups is 2. The number of para-hydroxylation sites is 1. The van der Waals surface area contributed by atoms with Crippen molar-refractivity contribution in [3.05, 3.63) is 48.2 Å². The molecule has 0 bridgehead atoms. The number of allylic oxidation sites excluding steroid dienone is 2. The van der Waals surface area contributed by atoms with Crippen LogP contribution in [0.1, 0.15) is 18.4 Å². The highest BCUT2D eigenvalue weighted by Gasteiger charge is 2.46. The molecule has 0 saturated carbocycles. The average molecular weight is 294 g/mol. The minimum absolute atomic E-state index is 0.0131. The molecule has 1 aliphatic carbocycles. The third-order valence-corrected chi connectivity index (χ3v) is 4.88. The van der Waals surface area contributed by atoms with E-state index < -0.39 is 0 Å². The van der Waals surface area contributed by atoms with Crippen molar-refractivity contribution in [2.45, 2.75) is 19.3 Å². The first-order chi connectivity index (χ1) is 10.8. The molecule has 112 valence electrons. The van der Waals surface area contributed by atoms with Crippen LogP contribution in [0, 0.1) is 11.8 Å². The van der Waals surface area contributed by atoms with Gasteiger partial charge in [0.05, 0.1) is 11.8 Å². The van der Waals surface area contributed by atoms with E-state index in [1.165, 1.54) is 10.3 Å². The van der Waals surface area contributed by atoms with E-state index in [9.17, 15) is 9.59 Å². The highest BCUT2D eigenvalue weighted by atomic mass is 16.2. The molecule has 4 heteroatoms. The minimum Gasteiger partial charge on any atom is -0.361 e. The molecule has 1 aromatic heterocycles. The number of nitrogens with zero attached hydrogens (tertiary/aromatic N) is 1. The van der Waals surface area contributed by atoms with Gasteiger partial charge in [-0.05, 0) is 30.9 Å². The Kier molecular flexibility index (Phi) is 3.10. The zero-order valence-corrected chi connectivity index (χ0v) is 12.3. The maximum Gasteiger partial charge on any atom is 0.233 e. The molecule has 1 N–H and O–H groups in total. The Morgan fingerprint density at radius 2 is 1.73 bits per heavy atom. The van der Waals surface area contributed by atoms with Crippen LogP contribution in [0.2, 0.25) is 0 Å². The molecule has 2 heterocycles. The van der Waals surface area contributed by atoms with Crippen LogP contribution in [0.5, 0.6) is 0 Å². The Bertz CT molecular complexity index is 748. The Hall–Kier alpha value is -2.36. The summed E-state index contributed by atoms with van der Waals surface area (Å²) in [5.74, 6) is -0.223. The molecular formula is C18H18N2O2. The van der Waals surface area contributed by atoms with Crippen LogP contribution in [0.3, 0.4) is 0 Å². The number of aromatic amines is 1. The van der Waals surface area contributed by atoms with Crippen molar-refractivity contribution < 1.29 is 9.59 Å². The van der Waals surface area contributed by atoms with Crippen LogP contribution < -0.4 is 0 Å². The SMILES string of the molecule is O=C1[C@@H]2CC=CC[C@H]2C(=O)N1CCc1c[nH]c2ccccc12. The number of carbonyl (C=O) groups excluding carboxylic acids is 2. The molecule has 22 heavy (non-hydrogen) atoms. The summed E-state index contributed by atoms with van der Waals surface area (Å²) in [5.41, 5.74) is 2.25. The number of rotatable bonds is 3. The summed E-state index contributed by atoms with van der Waals surface area (Å²) in [6.07, 6.45) is 8.14. The molecule has 4 rings (SSSR count). The van der Waals surface area contributed by atoms with E-state index in [1.54, 1.807) is 0 Å². The van der Waals surface area contributed by atoms with Gasteiger partial charge in [-0.25, -0.2) is 0 Å². The number of nitrogens with one attached hydrogen (secondary N) is 1. The Balaban J connectivity index is 1.52. The molecule has 1 fully saturated rings. The number of fused-ring (bicyclic) bond motifs is 2. The number of imide groups is 1. The van der Waals surface area contributed by atoms with Gasteiger partial charge in [0.15, 0.2) is 0 Å². The maximum atomic E-state index is 12.4. The molecule has 1 aliphatic heterocycles. The first kappa shape index (κ1) is 13.3. The lowest BCUT2D eigenvalue weighted by atomic mass is 9.85. The highest BCUT2D eigenvalue weighted by molar-refractivity contribution is 6.05. The molecular weight excluding hydrogens is 276 g/mol. The number of amides is 2. The fourth-order valence-electron chi connectivity index (χ4n) is 3.66. The number of hydrogen-bond donors (Lipinski definition) is 1. The van der Waals surface area contributed by atoms with E-state index in [-0.39, 0.29) is 23.7 Å². The van der Waals surface area contributed by atoms with E-state index in [4.69, 9.17) is 0 Å². The number of likely N-dealkylation sites (tertiary alicyclic amines) is 1. The fraction of sp³-hybridized carbons (Fsp3) is 0.333. The number of hydrogen-bond acceptors (Lipinski definition) is 2.